The number of nitrogens with two attached hydrogens (primary N) is 1. The number of hydrogen-bond acceptors (Lipinski definition) is 6. The molecule has 1 aliphatic rings. The number of piperazine rings is 1. The van der Waals surface area contributed by atoms with Crippen LogP contribution in [0.15, 0.2) is 61.1 Å². The van der Waals surface area contributed by atoms with Gasteiger partial charge in [0, 0.05) is 43.6 Å². The van der Waals surface area contributed by atoms with E-state index in [2.05, 4.69) is 44.2 Å². The van der Waals surface area contributed by atoms with Crippen LogP contribution in [0.2, 0.25) is 0 Å². The highest BCUT2D eigenvalue weighted by Gasteiger charge is 2.19. The van der Waals surface area contributed by atoms with Crippen molar-refractivity contribution in [1.82, 2.24) is 24.6 Å². The minimum atomic E-state index is -0.985. The van der Waals surface area contributed by atoms with Crippen LogP contribution in [0.3, 0.4) is 0 Å². The second-order valence-electron chi connectivity index (χ2n) is 8.09. The van der Waals surface area contributed by atoms with Crippen LogP contribution in [0.5, 0.6) is 0 Å². The van der Waals surface area contributed by atoms with Crippen molar-refractivity contribution in [3.8, 4) is 28.2 Å². The first-order valence-corrected chi connectivity index (χ1v) is 10.7. The van der Waals surface area contributed by atoms with Crippen LogP contribution in [0.25, 0.3) is 28.2 Å². The molecule has 0 bridgehead atoms. The Labute approximate surface area is 190 Å². The van der Waals surface area contributed by atoms with E-state index in [1.165, 1.54) is 28.7 Å². The summed E-state index contributed by atoms with van der Waals surface area (Å²) >= 11 is 0. The summed E-state index contributed by atoms with van der Waals surface area (Å²) in [6, 6.07) is 14.1. The van der Waals surface area contributed by atoms with Crippen LogP contribution in [0.4, 0.5) is 20.3 Å². The van der Waals surface area contributed by atoms with Crippen LogP contribution in [-0.4, -0.2) is 57.9 Å². The molecule has 0 saturated carbocycles. The highest BCUT2D eigenvalue weighted by molar-refractivity contribution is 5.77. The van der Waals surface area contributed by atoms with Gasteiger partial charge in [-0.3, -0.25) is 4.57 Å². The molecule has 2 aromatic heterocycles. The molecule has 9 heteroatoms. The Kier molecular flexibility index (Phi) is 5.47. The third-order valence-electron chi connectivity index (χ3n) is 5.97. The zero-order valence-corrected chi connectivity index (χ0v) is 18.1. The van der Waals surface area contributed by atoms with E-state index in [1.807, 2.05) is 18.2 Å². The van der Waals surface area contributed by atoms with Gasteiger partial charge in [-0.1, -0.05) is 18.2 Å². The zero-order valence-electron chi connectivity index (χ0n) is 18.1. The topological polar surface area (TPSA) is 76.1 Å². The summed E-state index contributed by atoms with van der Waals surface area (Å²) in [5.41, 5.74) is 9.59. The lowest BCUT2D eigenvalue weighted by molar-refractivity contribution is 0.313. The van der Waals surface area contributed by atoms with Crippen molar-refractivity contribution >= 4 is 11.5 Å². The number of aromatic nitrogens is 4. The molecule has 33 heavy (non-hydrogen) atoms. The van der Waals surface area contributed by atoms with Gasteiger partial charge in [0.25, 0.3) is 0 Å². The molecule has 7 nitrogen and oxygen atoms in total. The van der Waals surface area contributed by atoms with E-state index in [-0.39, 0.29) is 17.3 Å². The highest BCUT2D eigenvalue weighted by atomic mass is 19.2. The molecule has 0 amide bonds. The van der Waals surface area contributed by atoms with Gasteiger partial charge < -0.3 is 15.5 Å². The van der Waals surface area contributed by atoms with E-state index in [0.717, 1.165) is 43.4 Å². The molecule has 4 aromatic rings. The summed E-state index contributed by atoms with van der Waals surface area (Å²) in [6.45, 7) is 4.07. The van der Waals surface area contributed by atoms with Gasteiger partial charge in [0.1, 0.15) is 12.1 Å². The predicted molar refractivity (Wildman–Crippen MR) is 124 cm³/mol. The molecule has 0 aliphatic carbocycles. The van der Waals surface area contributed by atoms with Crippen LogP contribution in [0, 0.1) is 11.6 Å². The normalized spacial score (nSPS) is 14.6. The van der Waals surface area contributed by atoms with Gasteiger partial charge in [-0.15, -0.1) is 10.2 Å². The number of likely N-dealkylation sites (N-methyl/N-ethyl adjacent to an activating group) is 1. The maximum Gasteiger partial charge on any atom is 0.182 e. The largest absolute Gasteiger partial charge is 0.383 e. The number of pyridine rings is 1. The summed E-state index contributed by atoms with van der Waals surface area (Å²) in [5.74, 6) is -1.44. The Bertz CT molecular complexity index is 1280. The van der Waals surface area contributed by atoms with E-state index < -0.39 is 11.6 Å². The van der Waals surface area contributed by atoms with Crippen LogP contribution in [0.1, 0.15) is 0 Å². The van der Waals surface area contributed by atoms with Gasteiger partial charge in [0.05, 0.1) is 11.3 Å². The Morgan fingerprint density at radius 3 is 2.45 bits per heavy atom. The molecule has 0 atom stereocenters. The van der Waals surface area contributed by atoms with Crippen molar-refractivity contribution in [2.24, 2.45) is 0 Å². The molecule has 3 heterocycles. The van der Waals surface area contributed by atoms with Crippen LogP contribution in [-0.2, 0) is 0 Å². The maximum atomic E-state index is 14.4. The minimum Gasteiger partial charge on any atom is -0.383 e. The van der Waals surface area contributed by atoms with Gasteiger partial charge in [-0.05, 0) is 42.9 Å². The fraction of sp³-hybridized carbons (Fsp3) is 0.208. The first-order chi connectivity index (χ1) is 16.0. The van der Waals surface area contributed by atoms with Gasteiger partial charge in [0.2, 0.25) is 0 Å². The predicted octanol–water partition coefficient (Wildman–Crippen LogP) is 3.61. The first kappa shape index (κ1) is 21.0. The second-order valence-corrected chi connectivity index (χ2v) is 8.09. The highest BCUT2D eigenvalue weighted by Crippen LogP contribution is 2.31. The summed E-state index contributed by atoms with van der Waals surface area (Å²) in [7, 11) is 2.13. The van der Waals surface area contributed by atoms with Gasteiger partial charge in [-0.2, -0.15) is 0 Å². The number of anilines is 2. The molecule has 5 rings (SSSR count). The summed E-state index contributed by atoms with van der Waals surface area (Å²) in [6.07, 6.45) is 3.01. The molecule has 1 fully saturated rings. The van der Waals surface area contributed by atoms with E-state index in [4.69, 9.17) is 5.73 Å². The van der Waals surface area contributed by atoms with E-state index in [0.29, 0.717) is 5.56 Å². The molecule has 2 N–H and O–H groups in total. The molecule has 2 aromatic carbocycles. The fourth-order valence-corrected chi connectivity index (χ4v) is 4.02. The SMILES string of the molecule is CN1CCN(c2ccc(-c3cnc(N)c(-c4nncn4-c4cccc(F)c4F)c3)cc2)CC1. The first-order valence-electron chi connectivity index (χ1n) is 10.7. The lowest BCUT2D eigenvalue weighted by Gasteiger charge is -2.34. The van der Waals surface area contributed by atoms with E-state index in [9.17, 15) is 8.78 Å². The average Bonchev–Trinajstić information content (AvgIpc) is 3.31. The van der Waals surface area contributed by atoms with Crippen molar-refractivity contribution in [1.29, 1.82) is 0 Å². The smallest absolute Gasteiger partial charge is 0.182 e. The molecule has 1 aliphatic heterocycles. The standard InChI is InChI=1S/C24H23F2N7/c1-31-9-11-32(12-10-31)18-7-5-16(6-8-18)17-13-19(23(27)28-14-17)24-30-29-15-33(24)21-4-2-3-20(25)22(21)26/h2-8,13-15H,9-12H2,1H3,(H2,27,28). The Morgan fingerprint density at radius 1 is 0.939 bits per heavy atom. The van der Waals surface area contributed by atoms with E-state index >= 15 is 0 Å². The number of rotatable bonds is 4. The second kappa shape index (κ2) is 8.59. The van der Waals surface area contributed by atoms with Crippen molar-refractivity contribution in [3.63, 3.8) is 0 Å². The van der Waals surface area contributed by atoms with Crippen molar-refractivity contribution in [2.75, 3.05) is 43.9 Å². The number of halogens is 2. The van der Waals surface area contributed by atoms with Crippen molar-refractivity contribution < 1.29 is 8.78 Å². The Morgan fingerprint density at radius 2 is 1.70 bits per heavy atom. The molecular formula is C24H23F2N7. The monoisotopic (exact) mass is 447 g/mol. The van der Waals surface area contributed by atoms with Gasteiger partial charge in [-0.25, -0.2) is 13.8 Å². The maximum absolute atomic E-state index is 14.4. The van der Waals surface area contributed by atoms with Gasteiger partial charge >= 0.3 is 0 Å². The van der Waals surface area contributed by atoms with Crippen LogP contribution < -0.4 is 10.6 Å². The Balaban J connectivity index is 1.48. The number of nitrogens with zero attached hydrogens (tertiary/aromatic N) is 6. The molecule has 0 unspecified atom stereocenters. The number of hydrogen-bond donors (Lipinski definition) is 1. The van der Waals surface area contributed by atoms with Crippen LogP contribution >= 0.6 is 0 Å². The minimum absolute atomic E-state index is 0.00340. The molecule has 0 spiro atoms. The average molecular weight is 447 g/mol. The molecule has 0 radical (unpaired) electrons. The molecule has 168 valence electrons. The van der Waals surface area contributed by atoms with Crippen molar-refractivity contribution in [3.05, 3.63) is 72.7 Å². The van der Waals surface area contributed by atoms with E-state index in [1.54, 1.807) is 6.20 Å². The lowest BCUT2D eigenvalue weighted by atomic mass is 10.0. The third kappa shape index (κ3) is 4.03. The zero-order chi connectivity index (χ0) is 22.9. The van der Waals surface area contributed by atoms with Gasteiger partial charge in [0.15, 0.2) is 17.5 Å². The molecule has 1 saturated heterocycles. The number of nitrogen functional groups attached to an aromatic ring is 1. The van der Waals surface area contributed by atoms with Crippen molar-refractivity contribution in [2.45, 2.75) is 0 Å². The summed E-state index contributed by atoms with van der Waals surface area (Å²) in [5, 5.41) is 7.99. The molecular weight excluding hydrogens is 424 g/mol. The Hall–Kier alpha value is -3.85. The quantitative estimate of drug-likeness (QED) is 0.515. The number of benzene rings is 2. The lowest BCUT2D eigenvalue weighted by Crippen LogP contribution is -2.44. The summed E-state index contributed by atoms with van der Waals surface area (Å²) in [4.78, 5) is 9.01. The summed E-state index contributed by atoms with van der Waals surface area (Å²) < 4.78 is 29.6. The fourth-order valence-electron chi connectivity index (χ4n) is 4.02. The third-order valence-corrected chi connectivity index (χ3v) is 5.97.